The summed E-state index contributed by atoms with van der Waals surface area (Å²) in [6, 6.07) is 0. The molecule has 2 fully saturated rings. The van der Waals surface area contributed by atoms with E-state index in [0.717, 1.165) is 6.42 Å². The number of hydrogen-bond donors (Lipinski definition) is 1. The average molecular weight is 192 g/mol. The van der Waals surface area contributed by atoms with Gasteiger partial charge in [0, 0.05) is 17.8 Å². The molecular formula is C12H16O2. The van der Waals surface area contributed by atoms with E-state index in [1.807, 2.05) is 6.08 Å². The van der Waals surface area contributed by atoms with Crippen molar-refractivity contribution in [2.45, 2.75) is 26.4 Å². The third kappa shape index (κ3) is 0.789. The summed E-state index contributed by atoms with van der Waals surface area (Å²) in [5.74, 6) is 1.15. The summed E-state index contributed by atoms with van der Waals surface area (Å²) >= 11 is 0. The molecule has 5 atom stereocenters. The van der Waals surface area contributed by atoms with Crippen molar-refractivity contribution in [3.63, 3.8) is 0 Å². The van der Waals surface area contributed by atoms with Crippen LogP contribution in [0.3, 0.4) is 0 Å². The van der Waals surface area contributed by atoms with E-state index in [4.69, 9.17) is 0 Å². The Balaban J connectivity index is 2.01. The number of carbonyl (C=O) groups excluding carboxylic acids is 1. The van der Waals surface area contributed by atoms with E-state index in [1.54, 1.807) is 0 Å². The Kier molecular flexibility index (Phi) is 1.42. The molecule has 2 nitrogen and oxygen atoms in total. The number of hydrogen-bond acceptors (Lipinski definition) is 2. The molecule has 0 aromatic rings. The SMILES string of the molecule is CC1(C)C[C@@H]2[C@@H]([C@@H]3C=C[C@H]2C3=O)[C@H]1O. The summed E-state index contributed by atoms with van der Waals surface area (Å²) in [6.07, 6.45) is 4.77. The maximum absolute atomic E-state index is 11.8. The lowest BCUT2D eigenvalue weighted by molar-refractivity contribution is -0.122. The summed E-state index contributed by atoms with van der Waals surface area (Å²) in [7, 11) is 0. The van der Waals surface area contributed by atoms with Gasteiger partial charge in [0.25, 0.3) is 0 Å². The number of ketones is 1. The van der Waals surface area contributed by atoms with Gasteiger partial charge in [-0.15, -0.1) is 0 Å². The maximum atomic E-state index is 11.8. The molecule has 0 spiro atoms. The van der Waals surface area contributed by atoms with Gasteiger partial charge in [-0.05, 0) is 17.8 Å². The Hall–Kier alpha value is -0.630. The molecule has 14 heavy (non-hydrogen) atoms. The highest BCUT2D eigenvalue weighted by molar-refractivity contribution is 5.92. The molecule has 0 amide bonds. The molecule has 0 unspecified atom stereocenters. The van der Waals surface area contributed by atoms with Crippen molar-refractivity contribution in [2.24, 2.45) is 29.1 Å². The lowest BCUT2D eigenvalue weighted by Gasteiger charge is -2.26. The molecule has 3 aliphatic rings. The fourth-order valence-electron chi connectivity index (χ4n) is 3.77. The maximum Gasteiger partial charge on any atom is 0.147 e. The summed E-state index contributed by atoms with van der Waals surface area (Å²) in [6.45, 7) is 4.22. The molecule has 0 aromatic heterocycles. The van der Waals surface area contributed by atoms with E-state index in [2.05, 4.69) is 19.9 Å². The van der Waals surface area contributed by atoms with Gasteiger partial charge in [-0.2, -0.15) is 0 Å². The molecule has 2 saturated carbocycles. The summed E-state index contributed by atoms with van der Waals surface area (Å²) in [5, 5.41) is 10.2. The minimum atomic E-state index is -0.295. The normalized spacial score (nSPS) is 52.8. The lowest BCUT2D eigenvalue weighted by Crippen LogP contribution is -2.32. The van der Waals surface area contributed by atoms with Gasteiger partial charge in [-0.1, -0.05) is 26.0 Å². The number of aliphatic hydroxyl groups is 1. The number of aliphatic hydroxyl groups excluding tert-OH is 1. The number of carbonyl (C=O) groups is 1. The molecule has 0 aliphatic heterocycles. The number of Topliss-reactive ketones (excluding diaryl/α,β-unsaturated/α-hetero) is 1. The first-order valence-corrected chi connectivity index (χ1v) is 5.42. The Labute approximate surface area is 84.0 Å². The first kappa shape index (κ1) is 8.66. The molecule has 3 rings (SSSR count). The standard InChI is InChI=1S/C12H16O2/c1-12(2)5-8-6-3-4-7(10(6)13)9(8)11(12)14/h3-4,6-9,11,14H,5H2,1-2H3/t6-,7+,8+,9-,11-/m1/s1. The van der Waals surface area contributed by atoms with E-state index in [0.29, 0.717) is 11.7 Å². The second-order valence-corrected chi connectivity index (χ2v) is 5.72. The zero-order chi connectivity index (χ0) is 10.1. The topological polar surface area (TPSA) is 37.3 Å². The van der Waals surface area contributed by atoms with Crippen molar-refractivity contribution in [3.05, 3.63) is 12.2 Å². The second kappa shape index (κ2) is 2.30. The van der Waals surface area contributed by atoms with E-state index < -0.39 is 0 Å². The van der Waals surface area contributed by atoms with Crippen molar-refractivity contribution >= 4 is 5.78 Å². The van der Waals surface area contributed by atoms with Gasteiger partial charge >= 0.3 is 0 Å². The van der Waals surface area contributed by atoms with Gasteiger partial charge in [0.1, 0.15) is 5.78 Å². The van der Waals surface area contributed by atoms with Crippen LogP contribution in [-0.2, 0) is 4.79 Å². The third-order valence-electron chi connectivity index (χ3n) is 4.48. The quantitative estimate of drug-likeness (QED) is 0.589. The highest BCUT2D eigenvalue weighted by Gasteiger charge is 2.61. The third-order valence-corrected chi connectivity index (χ3v) is 4.48. The van der Waals surface area contributed by atoms with Crippen LogP contribution in [0.4, 0.5) is 0 Å². The van der Waals surface area contributed by atoms with Crippen molar-refractivity contribution in [1.82, 2.24) is 0 Å². The minimum Gasteiger partial charge on any atom is -0.392 e. The predicted octanol–water partition coefficient (Wildman–Crippen LogP) is 1.39. The van der Waals surface area contributed by atoms with E-state index in [1.165, 1.54) is 0 Å². The molecule has 0 aromatic carbocycles. The zero-order valence-electron chi connectivity index (χ0n) is 8.60. The van der Waals surface area contributed by atoms with Gasteiger partial charge in [-0.25, -0.2) is 0 Å². The highest BCUT2D eigenvalue weighted by atomic mass is 16.3. The Bertz CT molecular complexity index is 329. The Morgan fingerprint density at radius 2 is 2.00 bits per heavy atom. The van der Waals surface area contributed by atoms with Crippen LogP contribution < -0.4 is 0 Å². The van der Waals surface area contributed by atoms with Gasteiger partial charge < -0.3 is 5.11 Å². The fraction of sp³-hybridized carbons (Fsp3) is 0.750. The van der Waals surface area contributed by atoms with E-state index in [9.17, 15) is 9.90 Å². The minimum absolute atomic E-state index is 0.00144. The van der Waals surface area contributed by atoms with Crippen LogP contribution in [0.1, 0.15) is 20.3 Å². The molecule has 2 bridgehead atoms. The average Bonchev–Trinajstić information content (AvgIpc) is 2.65. The smallest absolute Gasteiger partial charge is 0.147 e. The molecule has 0 saturated heterocycles. The molecular weight excluding hydrogens is 176 g/mol. The fourth-order valence-corrected chi connectivity index (χ4v) is 3.77. The van der Waals surface area contributed by atoms with Crippen LogP contribution in [0.5, 0.6) is 0 Å². The lowest BCUT2D eigenvalue weighted by atomic mass is 9.83. The molecule has 2 heteroatoms. The van der Waals surface area contributed by atoms with Crippen LogP contribution in [-0.4, -0.2) is 17.0 Å². The molecule has 3 aliphatic carbocycles. The van der Waals surface area contributed by atoms with Crippen LogP contribution in [0.2, 0.25) is 0 Å². The number of allylic oxidation sites excluding steroid dienone is 2. The molecule has 76 valence electrons. The number of fused-ring (bicyclic) bond motifs is 5. The first-order valence-electron chi connectivity index (χ1n) is 5.42. The number of rotatable bonds is 0. The molecule has 0 radical (unpaired) electrons. The van der Waals surface area contributed by atoms with Gasteiger partial charge in [0.05, 0.1) is 6.10 Å². The highest BCUT2D eigenvalue weighted by Crippen LogP contribution is 2.58. The van der Waals surface area contributed by atoms with Crippen LogP contribution >= 0.6 is 0 Å². The predicted molar refractivity (Wildman–Crippen MR) is 52.5 cm³/mol. The van der Waals surface area contributed by atoms with Gasteiger partial charge in [0.2, 0.25) is 0 Å². The molecule has 0 heterocycles. The van der Waals surface area contributed by atoms with Crippen molar-refractivity contribution in [2.75, 3.05) is 0 Å². The van der Waals surface area contributed by atoms with Gasteiger partial charge in [-0.3, -0.25) is 4.79 Å². The second-order valence-electron chi connectivity index (χ2n) is 5.72. The summed E-state index contributed by atoms with van der Waals surface area (Å²) in [4.78, 5) is 11.8. The zero-order valence-corrected chi connectivity index (χ0v) is 8.60. The summed E-state index contributed by atoms with van der Waals surface area (Å²) in [5.41, 5.74) is -0.00144. The largest absolute Gasteiger partial charge is 0.392 e. The van der Waals surface area contributed by atoms with Gasteiger partial charge in [0.15, 0.2) is 0 Å². The van der Waals surface area contributed by atoms with E-state index >= 15 is 0 Å². The monoisotopic (exact) mass is 192 g/mol. The summed E-state index contributed by atoms with van der Waals surface area (Å²) < 4.78 is 0. The Morgan fingerprint density at radius 3 is 2.64 bits per heavy atom. The first-order chi connectivity index (χ1) is 6.52. The van der Waals surface area contributed by atoms with Crippen molar-refractivity contribution in [1.29, 1.82) is 0 Å². The van der Waals surface area contributed by atoms with Crippen LogP contribution in [0.15, 0.2) is 12.2 Å². The van der Waals surface area contributed by atoms with Crippen molar-refractivity contribution in [3.8, 4) is 0 Å². The van der Waals surface area contributed by atoms with Crippen LogP contribution in [0.25, 0.3) is 0 Å². The molecule has 1 N–H and O–H groups in total. The van der Waals surface area contributed by atoms with E-state index in [-0.39, 0.29) is 29.3 Å². The Morgan fingerprint density at radius 1 is 1.36 bits per heavy atom. The van der Waals surface area contributed by atoms with Crippen LogP contribution in [0, 0.1) is 29.1 Å². The van der Waals surface area contributed by atoms with Crippen molar-refractivity contribution < 1.29 is 9.90 Å².